The van der Waals surface area contributed by atoms with Crippen LogP contribution in [0, 0.1) is 0 Å². The molecule has 0 atom stereocenters. The van der Waals surface area contributed by atoms with E-state index in [0.717, 1.165) is 6.61 Å². The molecule has 0 radical (unpaired) electrons. The number of allylic oxidation sites excluding steroid dienone is 1. The van der Waals surface area contributed by atoms with Crippen molar-refractivity contribution in [2.24, 2.45) is 0 Å². The lowest BCUT2D eigenvalue weighted by atomic mass is 10.1. The van der Waals surface area contributed by atoms with Crippen molar-refractivity contribution in [2.75, 3.05) is 6.61 Å². The molecule has 0 saturated carbocycles. The second kappa shape index (κ2) is 13.7. The lowest BCUT2D eigenvalue weighted by molar-refractivity contribution is 0.240. The van der Waals surface area contributed by atoms with E-state index in [4.69, 9.17) is 24.0 Å². The van der Waals surface area contributed by atoms with E-state index in [1.165, 1.54) is 38.5 Å². The minimum atomic E-state index is -4.64. The molecule has 0 spiro atoms. The molecule has 5 nitrogen and oxygen atoms in total. The Kier molecular flexibility index (Phi) is 15.3. The molecule has 6 heteroatoms. The quantitative estimate of drug-likeness (QED) is 0.358. The molecule has 0 heterocycles. The average molecular weight is 268 g/mol. The number of unbranched alkanes of at least 4 members (excludes halogenated alkanes) is 5. The zero-order valence-electron chi connectivity index (χ0n) is 10.7. The summed E-state index contributed by atoms with van der Waals surface area (Å²) in [5.41, 5.74) is 0. The Morgan fingerprint density at radius 3 is 2.00 bits per heavy atom. The monoisotopic (exact) mass is 268 g/mol. The standard InChI is InChI=1S/C11H22O.H3O4P/c1-3-5-6-7-8-9-11-12-10-4-2;1-5(2,3)4/h4,10H,3,5-9,11H2,1-2H3;(H3,1,2,3,4). The van der Waals surface area contributed by atoms with Crippen LogP contribution in [-0.4, -0.2) is 21.3 Å². The van der Waals surface area contributed by atoms with Gasteiger partial charge in [0.15, 0.2) is 0 Å². The molecule has 0 bridgehead atoms. The summed E-state index contributed by atoms with van der Waals surface area (Å²) in [4.78, 5) is 21.6. The smallest absolute Gasteiger partial charge is 0.466 e. The van der Waals surface area contributed by atoms with Gasteiger partial charge in [-0.15, -0.1) is 0 Å². The molecule has 0 aliphatic rings. The van der Waals surface area contributed by atoms with Crippen LogP contribution in [0.5, 0.6) is 0 Å². The number of hydrogen-bond acceptors (Lipinski definition) is 2. The van der Waals surface area contributed by atoms with E-state index in [0.29, 0.717) is 0 Å². The molecule has 0 aliphatic heterocycles. The van der Waals surface area contributed by atoms with Crippen molar-refractivity contribution >= 4 is 7.82 Å². The minimum absolute atomic E-state index is 0.885. The second-order valence-corrected chi connectivity index (χ2v) is 4.65. The second-order valence-electron chi connectivity index (χ2n) is 3.62. The van der Waals surface area contributed by atoms with Crippen LogP contribution in [-0.2, 0) is 9.30 Å². The van der Waals surface area contributed by atoms with E-state index in [-0.39, 0.29) is 0 Å². The van der Waals surface area contributed by atoms with Crippen LogP contribution < -0.4 is 0 Å². The van der Waals surface area contributed by atoms with Gasteiger partial charge in [-0.2, -0.15) is 0 Å². The van der Waals surface area contributed by atoms with Crippen LogP contribution in [0.15, 0.2) is 12.3 Å². The molecule has 0 amide bonds. The van der Waals surface area contributed by atoms with Gasteiger partial charge < -0.3 is 19.4 Å². The molecule has 0 aromatic carbocycles. The van der Waals surface area contributed by atoms with Gasteiger partial charge in [0, 0.05) is 0 Å². The normalized spacial score (nSPS) is 11.1. The molecule has 17 heavy (non-hydrogen) atoms. The average Bonchev–Trinajstić information content (AvgIpc) is 2.20. The van der Waals surface area contributed by atoms with Gasteiger partial charge in [0.05, 0.1) is 12.9 Å². The third-order valence-corrected chi connectivity index (χ3v) is 1.85. The molecule has 104 valence electrons. The van der Waals surface area contributed by atoms with E-state index < -0.39 is 7.82 Å². The summed E-state index contributed by atoms with van der Waals surface area (Å²) in [6, 6.07) is 0. The van der Waals surface area contributed by atoms with E-state index in [2.05, 4.69) is 6.92 Å². The molecular weight excluding hydrogens is 243 g/mol. The van der Waals surface area contributed by atoms with Crippen molar-refractivity contribution in [2.45, 2.75) is 52.4 Å². The van der Waals surface area contributed by atoms with Crippen molar-refractivity contribution < 1.29 is 24.0 Å². The zero-order chi connectivity index (χ0) is 13.6. The summed E-state index contributed by atoms with van der Waals surface area (Å²) < 4.78 is 14.1. The Morgan fingerprint density at radius 1 is 1.06 bits per heavy atom. The van der Waals surface area contributed by atoms with Crippen molar-refractivity contribution in [3.8, 4) is 0 Å². The van der Waals surface area contributed by atoms with Gasteiger partial charge in [-0.05, 0) is 13.3 Å². The summed E-state index contributed by atoms with van der Waals surface area (Å²) in [6.07, 6.45) is 11.7. The molecular formula is C11H25O5P. The largest absolute Gasteiger partial charge is 0.502 e. The topological polar surface area (TPSA) is 87.0 Å². The SMILES string of the molecule is CC=COCCCCCCCC.O=P(O)(O)O. The van der Waals surface area contributed by atoms with Gasteiger partial charge in [0.2, 0.25) is 0 Å². The van der Waals surface area contributed by atoms with Crippen molar-refractivity contribution in [3.05, 3.63) is 12.3 Å². The van der Waals surface area contributed by atoms with Gasteiger partial charge in [-0.1, -0.05) is 45.1 Å². The Hall–Kier alpha value is -0.350. The third kappa shape index (κ3) is 39.0. The first kappa shape index (κ1) is 19.0. The first-order chi connectivity index (χ1) is 7.91. The Labute approximate surface area is 104 Å². The number of hydrogen-bond donors (Lipinski definition) is 3. The maximum atomic E-state index is 8.88. The molecule has 3 N–H and O–H groups in total. The van der Waals surface area contributed by atoms with Gasteiger partial charge >= 0.3 is 7.82 Å². The minimum Gasteiger partial charge on any atom is -0.502 e. The van der Waals surface area contributed by atoms with Gasteiger partial charge in [0.1, 0.15) is 0 Å². The fraction of sp³-hybridized carbons (Fsp3) is 0.818. The van der Waals surface area contributed by atoms with Gasteiger partial charge in [0.25, 0.3) is 0 Å². The highest BCUT2D eigenvalue weighted by atomic mass is 31.2. The fourth-order valence-electron chi connectivity index (χ4n) is 1.13. The lowest BCUT2D eigenvalue weighted by Crippen LogP contribution is -1.87. The van der Waals surface area contributed by atoms with E-state index in [1.807, 2.05) is 13.0 Å². The number of ether oxygens (including phenoxy) is 1. The Balaban J connectivity index is 0. The van der Waals surface area contributed by atoms with Crippen molar-refractivity contribution in [1.29, 1.82) is 0 Å². The predicted octanol–water partition coefficient (Wildman–Crippen LogP) is 2.97. The molecule has 0 unspecified atom stereocenters. The highest BCUT2D eigenvalue weighted by Crippen LogP contribution is 2.25. The summed E-state index contributed by atoms with van der Waals surface area (Å²) in [6.45, 7) is 5.10. The first-order valence-electron chi connectivity index (χ1n) is 5.92. The van der Waals surface area contributed by atoms with Crippen LogP contribution in [0.25, 0.3) is 0 Å². The Morgan fingerprint density at radius 2 is 1.53 bits per heavy atom. The number of rotatable bonds is 8. The number of phosphoric acid groups is 1. The van der Waals surface area contributed by atoms with Gasteiger partial charge in [-0.3, -0.25) is 0 Å². The third-order valence-electron chi connectivity index (χ3n) is 1.85. The molecule has 0 aromatic rings. The van der Waals surface area contributed by atoms with Crippen LogP contribution in [0.2, 0.25) is 0 Å². The summed E-state index contributed by atoms with van der Waals surface area (Å²) >= 11 is 0. The van der Waals surface area contributed by atoms with Crippen LogP contribution in [0.1, 0.15) is 52.4 Å². The van der Waals surface area contributed by atoms with E-state index >= 15 is 0 Å². The molecule has 0 fully saturated rings. The first-order valence-corrected chi connectivity index (χ1v) is 7.49. The van der Waals surface area contributed by atoms with Gasteiger partial charge in [-0.25, -0.2) is 4.57 Å². The van der Waals surface area contributed by atoms with Crippen molar-refractivity contribution in [1.82, 2.24) is 0 Å². The highest BCUT2D eigenvalue weighted by Gasteiger charge is 2.00. The summed E-state index contributed by atoms with van der Waals surface area (Å²) in [7, 11) is -4.64. The van der Waals surface area contributed by atoms with E-state index in [1.54, 1.807) is 6.26 Å². The van der Waals surface area contributed by atoms with Crippen LogP contribution in [0.4, 0.5) is 0 Å². The maximum absolute atomic E-state index is 8.88. The van der Waals surface area contributed by atoms with Crippen LogP contribution in [0.3, 0.4) is 0 Å². The fourth-order valence-corrected chi connectivity index (χ4v) is 1.13. The van der Waals surface area contributed by atoms with Crippen LogP contribution >= 0.6 is 7.82 Å². The molecule has 0 rings (SSSR count). The predicted molar refractivity (Wildman–Crippen MR) is 68.4 cm³/mol. The zero-order valence-corrected chi connectivity index (χ0v) is 11.6. The maximum Gasteiger partial charge on any atom is 0.466 e. The molecule has 0 aliphatic carbocycles. The Bertz CT molecular complexity index is 204. The molecule has 0 saturated heterocycles. The lowest BCUT2D eigenvalue weighted by Gasteiger charge is -2.00. The summed E-state index contributed by atoms with van der Waals surface area (Å²) in [5, 5.41) is 0. The summed E-state index contributed by atoms with van der Waals surface area (Å²) in [5.74, 6) is 0. The van der Waals surface area contributed by atoms with Crippen molar-refractivity contribution in [3.63, 3.8) is 0 Å². The highest BCUT2D eigenvalue weighted by molar-refractivity contribution is 7.45. The van der Waals surface area contributed by atoms with E-state index in [9.17, 15) is 0 Å². The molecule has 0 aromatic heterocycles.